The van der Waals surface area contributed by atoms with Crippen LogP contribution in [0.15, 0.2) is 22.7 Å². The molecule has 1 saturated heterocycles. The molecule has 7 heteroatoms. The summed E-state index contributed by atoms with van der Waals surface area (Å²) in [6.07, 6.45) is 0. The van der Waals surface area contributed by atoms with E-state index in [1.165, 1.54) is 0 Å². The molecule has 0 bridgehead atoms. The van der Waals surface area contributed by atoms with Crippen LogP contribution in [-0.2, 0) is 0 Å². The highest BCUT2D eigenvalue weighted by molar-refractivity contribution is 9.10. The lowest BCUT2D eigenvalue weighted by Gasteiger charge is -2.34. The van der Waals surface area contributed by atoms with Gasteiger partial charge in [0.2, 0.25) is 0 Å². The second-order valence-electron chi connectivity index (χ2n) is 4.82. The number of nitrogens with zero attached hydrogens (tertiary/aromatic N) is 2. The summed E-state index contributed by atoms with van der Waals surface area (Å²) in [7, 11) is 0. The SMILES string of the molecule is CCNC(=O)N1CCN(C(=O)c2cccc(N)c2Br)CC1. The first-order chi connectivity index (χ1) is 10.0. The number of benzene rings is 1. The third-order valence-electron chi connectivity index (χ3n) is 3.44. The summed E-state index contributed by atoms with van der Waals surface area (Å²) in [5, 5.41) is 2.77. The number of rotatable bonds is 2. The number of anilines is 1. The number of hydrogen-bond acceptors (Lipinski definition) is 3. The van der Waals surface area contributed by atoms with Gasteiger partial charge in [0.25, 0.3) is 5.91 Å². The van der Waals surface area contributed by atoms with Gasteiger partial charge < -0.3 is 20.9 Å². The lowest BCUT2D eigenvalue weighted by molar-refractivity contribution is 0.0664. The Bertz CT molecular complexity index is 542. The highest BCUT2D eigenvalue weighted by Crippen LogP contribution is 2.25. The second-order valence-corrected chi connectivity index (χ2v) is 5.62. The van der Waals surface area contributed by atoms with Crippen molar-refractivity contribution in [3.05, 3.63) is 28.2 Å². The summed E-state index contributed by atoms with van der Waals surface area (Å²) in [6, 6.07) is 5.18. The third-order valence-corrected chi connectivity index (χ3v) is 4.33. The van der Waals surface area contributed by atoms with Crippen molar-refractivity contribution in [3.8, 4) is 0 Å². The van der Waals surface area contributed by atoms with Gasteiger partial charge in [0.05, 0.1) is 10.0 Å². The Kier molecular flexibility index (Phi) is 5.06. The second kappa shape index (κ2) is 6.80. The Morgan fingerprint density at radius 3 is 2.48 bits per heavy atom. The van der Waals surface area contributed by atoms with Crippen LogP contribution in [0.5, 0.6) is 0 Å². The molecule has 0 saturated carbocycles. The van der Waals surface area contributed by atoms with Gasteiger partial charge in [-0.15, -0.1) is 0 Å². The van der Waals surface area contributed by atoms with E-state index in [9.17, 15) is 9.59 Å². The van der Waals surface area contributed by atoms with Crippen molar-refractivity contribution in [2.75, 3.05) is 38.5 Å². The van der Waals surface area contributed by atoms with Crippen LogP contribution in [0.1, 0.15) is 17.3 Å². The molecule has 1 heterocycles. The first-order valence-corrected chi connectivity index (χ1v) is 7.70. The molecule has 0 radical (unpaired) electrons. The number of nitrogens with two attached hydrogens (primary N) is 1. The number of carbonyl (C=O) groups is 2. The maximum Gasteiger partial charge on any atom is 0.317 e. The monoisotopic (exact) mass is 354 g/mol. The molecule has 1 aromatic carbocycles. The molecule has 0 aromatic heterocycles. The molecule has 0 spiro atoms. The van der Waals surface area contributed by atoms with Crippen LogP contribution in [0.4, 0.5) is 10.5 Å². The first-order valence-electron chi connectivity index (χ1n) is 6.90. The van der Waals surface area contributed by atoms with E-state index in [0.717, 1.165) is 0 Å². The highest BCUT2D eigenvalue weighted by Gasteiger charge is 2.25. The van der Waals surface area contributed by atoms with Crippen LogP contribution >= 0.6 is 15.9 Å². The zero-order valence-corrected chi connectivity index (χ0v) is 13.5. The van der Waals surface area contributed by atoms with Gasteiger partial charge in [0, 0.05) is 38.4 Å². The molecule has 6 nitrogen and oxygen atoms in total. The van der Waals surface area contributed by atoms with Crippen LogP contribution in [0.2, 0.25) is 0 Å². The Morgan fingerprint density at radius 1 is 1.24 bits per heavy atom. The molecular weight excluding hydrogens is 336 g/mol. The summed E-state index contributed by atoms with van der Waals surface area (Å²) in [5.41, 5.74) is 6.90. The quantitative estimate of drug-likeness (QED) is 0.790. The van der Waals surface area contributed by atoms with Crippen molar-refractivity contribution in [1.82, 2.24) is 15.1 Å². The van der Waals surface area contributed by atoms with Crippen molar-refractivity contribution in [1.29, 1.82) is 0 Å². The number of hydrogen-bond donors (Lipinski definition) is 2. The van der Waals surface area contributed by atoms with E-state index in [1.54, 1.807) is 28.0 Å². The third kappa shape index (κ3) is 3.47. The lowest BCUT2D eigenvalue weighted by atomic mass is 10.1. The molecule has 1 fully saturated rings. The Hall–Kier alpha value is -1.76. The normalized spacial score (nSPS) is 15.0. The predicted molar refractivity (Wildman–Crippen MR) is 85.1 cm³/mol. The maximum atomic E-state index is 12.5. The van der Waals surface area contributed by atoms with Gasteiger partial charge in [-0.05, 0) is 35.0 Å². The minimum absolute atomic E-state index is 0.0651. The van der Waals surface area contributed by atoms with Gasteiger partial charge in [0.15, 0.2) is 0 Å². The summed E-state index contributed by atoms with van der Waals surface area (Å²) >= 11 is 3.36. The van der Waals surface area contributed by atoms with E-state index in [4.69, 9.17) is 5.73 Å². The van der Waals surface area contributed by atoms with Crippen molar-refractivity contribution in [2.45, 2.75) is 6.92 Å². The number of nitrogen functional groups attached to an aromatic ring is 1. The molecule has 0 atom stereocenters. The lowest BCUT2D eigenvalue weighted by Crippen LogP contribution is -2.53. The zero-order chi connectivity index (χ0) is 15.4. The Morgan fingerprint density at radius 2 is 1.86 bits per heavy atom. The van der Waals surface area contributed by atoms with Gasteiger partial charge >= 0.3 is 6.03 Å². The first kappa shape index (κ1) is 15.6. The smallest absolute Gasteiger partial charge is 0.317 e. The van der Waals surface area contributed by atoms with Crippen LogP contribution in [0.3, 0.4) is 0 Å². The minimum Gasteiger partial charge on any atom is -0.398 e. The molecule has 1 aliphatic heterocycles. The molecule has 3 N–H and O–H groups in total. The topological polar surface area (TPSA) is 78.7 Å². The van der Waals surface area contributed by atoms with E-state index in [1.807, 2.05) is 6.92 Å². The van der Waals surface area contributed by atoms with Crippen LogP contribution < -0.4 is 11.1 Å². The standard InChI is InChI=1S/C14H19BrN4O2/c1-2-17-14(21)19-8-6-18(7-9-19)13(20)10-4-3-5-11(16)12(10)15/h3-5H,2,6-9,16H2,1H3,(H,17,21). The highest BCUT2D eigenvalue weighted by atomic mass is 79.9. The molecule has 0 aliphatic carbocycles. The zero-order valence-electron chi connectivity index (χ0n) is 11.9. The van der Waals surface area contributed by atoms with Crippen molar-refractivity contribution in [3.63, 3.8) is 0 Å². The molecule has 1 aliphatic rings. The molecule has 0 unspecified atom stereocenters. The van der Waals surface area contributed by atoms with Crippen molar-refractivity contribution < 1.29 is 9.59 Å². The van der Waals surface area contributed by atoms with Gasteiger partial charge in [-0.25, -0.2) is 4.79 Å². The fourth-order valence-electron chi connectivity index (χ4n) is 2.26. The fourth-order valence-corrected chi connectivity index (χ4v) is 2.69. The van der Waals surface area contributed by atoms with E-state index in [0.29, 0.717) is 48.4 Å². The van der Waals surface area contributed by atoms with E-state index >= 15 is 0 Å². The number of carbonyl (C=O) groups excluding carboxylic acids is 2. The summed E-state index contributed by atoms with van der Waals surface area (Å²) < 4.78 is 0.626. The molecule has 1 aromatic rings. The number of nitrogens with one attached hydrogen (secondary N) is 1. The largest absolute Gasteiger partial charge is 0.398 e. The van der Waals surface area contributed by atoms with Crippen LogP contribution in [0.25, 0.3) is 0 Å². The van der Waals surface area contributed by atoms with Gasteiger partial charge in [-0.3, -0.25) is 4.79 Å². The summed E-state index contributed by atoms with van der Waals surface area (Å²) in [4.78, 5) is 27.7. The van der Waals surface area contributed by atoms with Crippen molar-refractivity contribution >= 4 is 33.6 Å². The van der Waals surface area contributed by atoms with E-state index in [2.05, 4.69) is 21.2 Å². The van der Waals surface area contributed by atoms with E-state index in [-0.39, 0.29) is 11.9 Å². The average molecular weight is 355 g/mol. The molecule has 2 rings (SSSR count). The molecule has 114 valence electrons. The van der Waals surface area contributed by atoms with Crippen LogP contribution in [-0.4, -0.2) is 54.5 Å². The Balaban J connectivity index is 2.00. The summed E-state index contributed by atoms with van der Waals surface area (Å²) in [6.45, 7) is 4.62. The average Bonchev–Trinajstić information content (AvgIpc) is 2.50. The Labute approximate surface area is 132 Å². The fraction of sp³-hybridized carbons (Fsp3) is 0.429. The van der Waals surface area contributed by atoms with Crippen molar-refractivity contribution in [2.24, 2.45) is 0 Å². The summed E-state index contributed by atoms with van der Waals surface area (Å²) in [5.74, 6) is -0.0651. The number of amides is 3. The van der Waals surface area contributed by atoms with E-state index < -0.39 is 0 Å². The number of halogens is 1. The minimum atomic E-state index is -0.0743. The molecule has 21 heavy (non-hydrogen) atoms. The van der Waals surface area contributed by atoms with Gasteiger partial charge in [-0.1, -0.05) is 6.07 Å². The number of urea groups is 1. The van der Waals surface area contributed by atoms with Gasteiger partial charge in [0.1, 0.15) is 0 Å². The molecule has 3 amide bonds. The van der Waals surface area contributed by atoms with Gasteiger partial charge in [-0.2, -0.15) is 0 Å². The predicted octanol–water partition coefficient (Wildman–Crippen LogP) is 1.52. The maximum absolute atomic E-state index is 12.5. The van der Waals surface area contributed by atoms with Crippen LogP contribution in [0, 0.1) is 0 Å². The molecular formula is C14H19BrN4O2. The number of piperazine rings is 1.